The Morgan fingerprint density at radius 2 is 1.63 bits per heavy atom. The Balaban J connectivity index is 1.76. The molecule has 1 aliphatic heterocycles. The number of carbonyl (C=O) groups excluding carboxylic acids is 1. The van der Waals surface area contributed by atoms with Gasteiger partial charge in [-0.1, -0.05) is 6.07 Å². The first kappa shape index (κ1) is 21.9. The van der Waals surface area contributed by atoms with Crippen molar-refractivity contribution in [3.05, 3.63) is 47.5 Å². The Hall–Kier alpha value is -2.78. The van der Waals surface area contributed by atoms with E-state index in [4.69, 9.17) is 14.2 Å². The van der Waals surface area contributed by atoms with Crippen molar-refractivity contribution in [2.45, 2.75) is 24.3 Å². The number of benzene rings is 2. The molecule has 162 valence electrons. The van der Waals surface area contributed by atoms with E-state index in [-0.39, 0.29) is 22.9 Å². The van der Waals surface area contributed by atoms with Crippen LogP contribution in [-0.4, -0.2) is 53.0 Å². The van der Waals surface area contributed by atoms with E-state index in [0.29, 0.717) is 30.3 Å². The maximum Gasteiger partial charge on any atom is 0.251 e. The molecule has 30 heavy (non-hydrogen) atoms. The van der Waals surface area contributed by atoms with Crippen LogP contribution < -0.4 is 19.5 Å². The summed E-state index contributed by atoms with van der Waals surface area (Å²) in [6, 6.07) is 9.60. The van der Waals surface area contributed by atoms with Gasteiger partial charge in [-0.25, -0.2) is 8.42 Å². The van der Waals surface area contributed by atoms with Crippen LogP contribution in [0.5, 0.6) is 17.2 Å². The lowest BCUT2D eigenvalue weighted by molar-refractivity contribution is 0.0950. The molecule has 0 unspecified atom stereocenters. The highest BCUT2D eigenvalue weighted by molar-refractivity contribution is 7.89. The van der Waals surface area contributed by atoms with Crippen molar-refractivity contribution in [2.24, 2.45) is 0 Å². The largest absolute Gasteiger partial charge is 0.493 e. The molecule has 0 atom stereocenters. The fraction of sp³-hybridized carbons (Fsp3) is 0.381. The predicted molar refractivity (Wildman–Crippen MR) is 112 cm³/mol. The second-order valence-electron chi connectivity index (χ2n) is 6.86. The van der Waals surface area contributed by atoms with Crippen LogP contribution in [-0.2, 0) is 16.6 Å². The van der Waals surface area contributed by atoms with Crippen LogP contribution >= 0.6 is 0 Å². The van der Waals surface area contributed by atoms with Gasteiger partial charge in [-0.15, -0.1) is 0 Å². The molecule has 1 heterocycles. The van der Waals surface area contributed by atoms with Crippen LogP contribution in [0.1, 0.15) is 28.8 Å². The average molecular weight is 435 g/mol. The van der Waals surface area contributed by atoms with Gasteiger partial charge in [0.2, 0.25) is 15.8 Å². The third kappa shape index (κ3) is 4.52. The summed E-state index contributed by atoms with van der Waals surface area (Å²) in [6.07, 6.45) is 1.71. The molecule has 2 aromatic rings. The molecule has 8 nitrogen and oxygen atoms in total. The number of sulfonamides is 1. The van der Waals surface area contributed by atoms with Crippen LogP contribution in [0.2, 0.25) is 0 Å². The summed E-state index contributed by atoms with van der Waals surface area (Å²) < 4.78 is 42.9. The molecular formula is C21H26N2O6S. The van der Waals surface area contributed by atoms with Gasteiger partial charge in [0.25, 0.3) is 5.91 Å². The molecule has 0 radical (unpaired) electrons. The topological polar surface area (TPSA) is 94.2 Å². The van der Waals surface area contributed by atoms with Gasteiger partial charge >= 0.3 is 0 Å². The van der Waals surface area contributed by atoms with E-state index >= 15 is 0 Å². The molecule has 0 aliphatic carbocycles. The summed E-state index contributed by atoms with van der Waals surface area (Å²) in [7, 11) is 0.977. The van der Waals surface area contributed by atoms with E-state index < -0.39 is 10.0 Å². The van der Waals surface area contributed by atoms with Gasteiger partial charge in [0.15, 0.2) is 11.5 Å². The first-order valence-electron chi connectivity index (χ1n) is 9.58. The Morgan fingerprint density at radius 1 is 1.00 bits per heavy atom. The first-order chi connectivity index (χ1) is 14.4. The number of ether oxygens (including phenoxy) is 3. The smallest absolute Gasteiger partial charge is 0.251 e. The zero-order valence-electron chi connectivity index (χ0n) is 17.3. The molecule has 2 aromatic carbocycles. The Labute approximate surface area is 176 Å². The molecule has 0 aromatic heterocycles. The van der Waals surface area contributed by atoms with Crippen molar-refractivity contribution in [1.82, 2.24) is 9.62 Å². The average Bonchev–Trinajstić information content (AvgIpc) is 3.32. The lowest BCUT2D eigenvalue weighted by Gasteiger charge is -2.16. The summed E-state index contributed by atoms with van der Waals surface area (Å²) in [5.74, 6) is 1.07. The number of rotatable bonds is 8. The van der Waals surface area contributed by atoms with Crippen molar-refractivity contribution < 1.29 is 27.4 Å². The fourth-order valence-electron chi connectivity index (χ4n) is 3.40. The van der Waals surface area contributed by atoms with Gasteiger partial charge in [0, 0.05) is 25.2 Å². The maximum absolute atomic E-state index is 12.7. The summed E-state index contributed by atoms with van der Waals surface area (Å²) in [5, 5.41) is 2.80. The van der Waals surface area contributed by atoms with Gasteiger partial charge in [0.05, 0.1) is 26.2 Å². The van der Waals surface area contributed by atoms with Gasteiger partial charge in [-0.2, -0.15) is 4.31 Å². The molecule has 1 aliphatic rings. The fourth-order valence-corrected chi connectivity index (χ4v) is 4.96. The zero-order valence-corrected chi connectivity index (χ0v) is 18.1. The Kier molecular flexibility index (Phi) is 6.84. The van der Waals surface area contributed by atoms with Crippen molar-refractivity contribution >= 4 is 15.9 Å². The molecule has 1 amide bonds. The lowest BCUT2D eigenvalue weighted by Crippen LogP contribution is -2.28. The Morgan fingerprint density at radius 3 is 2.20 bits per heavy atom. The van der Waals surface area contributed by atoms with E-state index in [1.54, 1.807) is 24.3 Å². The van der Waals surface area contributed by atoms with Gasteiger partial charge in [0.1, 0.15) is 0 Å². The van der Waals surface area contributed by atoms with Crippen LogP contribution in [0, 0.1) is 0 Å². The predicted octanol–water partition coefficient (Wildman–Crippen LogP) is 2.43. The number of hydrogen-bond acceptors (Lipinski definition) is 6. The van der Waals surface area contributed by atoms with Gasteiger partial charge in [-0.3, -0.25) is 4.79 Å². The van der Waals surface area contributed by atoms with E-state index in [2.05, 4.69) is 5.32 Å². The molecule has 9 heteroatoms. The first-order valence-corrected chi connectivity index (χ1v) is 11.0. The minimum atomic E-state index is -3.58. The standard InChI is InChI=1S/C21H26N2O6S/c1-27-18-11-15(12-19(28-2)20(18)29-3)14-22-21(24)16-7-6-8-17(13-16)30(25,26)23-9-4-5-10-23/h6-8,11-13H,4-5,9-10,14H2,1-3H3,(H,22,24). The quantitative estimate of drug-likeness (QED) is 0.686. The lowest BCUT2D eigenvalue weighted by atomic mass is 10.1. The van der Waals surface area contributed by atoms with Gasteiger partial charge in [-0.05, 0) is 48.7 Å². The second kappa shape index (κ2) is 9.36. The molecule has 1 N–H and O–H groups in total. The minimum absolute atomic E-state index is 0.129. The highest BCUT2D eigenvalue weighted by atomic mass is 32.2. The minimum Gasteiger partial charge on any atom is -0.493 e. The van der Waals surface area contributed by atoms with Crippen LogP contribution in [0.3, 0.4) is 0 Å². The monoisotopic (exact) mass is 434 g/mol. The summed E-state index contributed by atoms with van der Waals surface area (Å²) >= 11 is 0. The highest BCUT2D eigenvalue weighted by Crippen LogP contribution is 2.38. The molecular weight excluding hydrogens is 408 g/mol. The van der Waals surface area contributed by atoms with E-state index in [0.717, 1.165) is 18.4 Å². The summed E-state index contributed by atoms with van der Waals surface area (Å²) in [6.45, 7) is 1.23. The van der Waals surface area contributed by atoms with Gasteiger partial charge < -0.3 is 19.5 Å². The molecule has 3 rings (SSSR count). The number of nitrogens with zero attached hydrogens (tertiary/aromatic N) is 1. The van der Waals surface area contributed by atoms with Crippen LogP contribution in [0.15, 0.2) is 41.3 Å². The highest BCUT2D eigenvalue weighted by Gasteiger charge is 2.27. The normalized spacial score (nSPS) is 14.4. The summed E-state index contributed by atoms with van der Waals surface area (Å²) in [4.78, 5) is 12.8. The molecule has 0 bridgehead atoms. The second-order valence-corrected chi connectivity index (χ2v) is 8.79. The molecule has 0 saturated carbocycles. The third-order valence-corrected chi connectivity index (χ3v) is 6.87. The molecule has 0 spiro atoms. The summed E-state index contributed by atoms with van der Waals surface area (Å²) in [5.41, 5.74) is 1.03. The van der Waals surface area contributed by atoms with E-state index in [9.17, 15) is 13.2 Å². The van der Waals surface area contributed by atoms with E-state index in [1.807, 2.05) is 0 Å². The number of methoxy groups -OCH3 is 3. The number of amides is 1. The van der Waals surface area contributed by atoms with Crippen LogP contribution in [0.25, 0.3) is 0 Å². The van der Waals surface area contributed by atoms with Crippen molar-refractivity contribution in [3.63, 3.8) is 0 Å². The van der Waals surface area contributed by atoms with Crippen molar-refractivity contribution in [2.75, 3.05) is 34.4 Å². The Bertz CT molecular complexity index is 991. The van der Waals surface area contributed by atoms with Crippen LogP contribution in [0.4, 0.5) is 0 Å². The third-order valence-electron chi connectivity index (χ3n) is 4.98. The maximum atomic E-state index is 12.7. The molecule has 1 fully saturated rings. The number of carbonyl (C=O) groups is 1. The SMILES string of the molecule is COc1cc(CNC(=O)c2cccc(S(=O)(=O)N3CCCC3)c2)cc(OC)c1OC. The number of hydrogen-bond donors (Lipinski definition) is 1. The number of nitrogens with one attached hydrogen (secondary N) is 1. The molecule has 1 saturated heterocycles. The van der Waals surface area contributed by atoms with E-state index in [1.165, 1.54) is 37.8 Å². The van der Waals surface area contributed by atoms with Crippen molar-refractivity contribution in [3.8, 4) is 17.2 Å². The van der Waals surface area contributed by atoms with Crippen molar-refractivity contribution in [1.29, 1.82) is 0 Å². The zero-order chi connectivity index (χ0) is 21.7.